The van der Waals surface area contributed by atoms with Gasteiger partial charge in [0.05, 0.1) is 0 Å². The molecular formula is C18H26N4. The summed E-state index contributed by atoms with van der Waals surface area (Å²) in [5.74, 6) is 1.03. The standard InChI is InChI=1S/C18H26N4/c1-18(2)9-11-22(13-18)17(19-3)20-10-8-14-12-21-16-7-5-4-6-15(14)16/h4-7,12,21H,8-11,13H2,1-3H3,(H,19,20). The molecule has 22 heavy (non-hydrogen) atoms. The number of nitrogens with one attached hydrogen (secondary N) is 2. The highest BCUT2D eigenvalue weighted by Gasteiger charge is 2.30. The maximum atomic E-state index is 4.44. The summed E-state index contributed by atoms with van der Waals surface area (Å²) in [5, 5.41) is 4.84. The lowest BCUT2D eigenvalue weighted by atomic mass is 9.93. The fourth-order valence-electron chi connectivity index (χ4n) is 3.27. The first-order valence-electron chi connectivity index (χ1n) is 8.10. The highest BCUT2D eigenvalue weighted by molar-refractivity contribution is 5.83. The van der Waals surface area contributed by atoms with Crippen molar-refractivity contribution in [2.24, 2.45) is 10.4 Å². The summed E-state index contributed by atoms with van der Waals surface area (Å²) in [4.78, 5) is 10.1. The van der Waals surface area contributed by atoms with Gasteiger partial charge in [-0.05, 0) is 29.9 Å². The van der Waals surface area contributed by atoms with E-state index in [1.807, 2.05) is 7.05 Å². The molecular weight excluding hydrogens is 272 g/mol. The van der Waals surface area contributed by atoms with Crippen LogP contribution in [0.4, 0.5) is 0 Å². The summed E-state index contributed by atoms with van der Waals surface area (Å²) in [6, 6.07) is 8.46. The third kappa shape index (κ3) is 3.11. The highest BCUT2D eigenvalue weighted by atomic mass is 15.3. The molecule has 118 valence electrons. The minimum absolute atomic E-state index is 0.397. The zero-order valence-corrected chi connectivity index (χ0v) is 13.8. The zero-order chi connectivity index (χ0) is 15.6. The van der Waals surface area contributed by atoms with E-state index >= 15 is 0 Å². The zero-order valence-electron chi connectivity index (χ0n) is 13.8. The summed E-state index contributed by atoms with van der Waals surface area (Å²) < 4.78 is 0. The number of H-pyrrole nitrogens is 1. The van der Waals surface area contributed by atoms with E-state index in [4.69, 9.17) is 0 Å². The molecule has 0 unspecified atom stereocenters. The molecule has 0 amide bonds. The van der Waals surface area contributed by atoms with Gasteiger partial charge >= 0.3 is 0 Å². The molecule has 1 aromatic carbocycles. The van der Waals surface area contributed by atoms with Crippen LogP contribution in [0.2, 0.25) is 0 Å². The second-order valence-electron chi connectivity index (χ2n) is 6.92. The van der Waals surface area contributed by atoms with Gasteiger partial charge in [-0.2, -0.15) is 0 Å². The van der Waals surface area contributed by atoms with Crippen LogP contribution in [0.25, 0.3) is 10.9 Å². The number of hydrogen-bond acceptors (Lipinski definition) is 1. The molecule has 1 aliphatic heterocycles. The van der Waals surface area contributed by atoms with E-state index in [1.165, 1.54) is 22.9 Å². The fourth-order valence-corrected chi connectivity index (χ4v) is 3.27. The number of aliphatic imine (C=N–C) groups is 1. The van der Waals surface area contributed by atoms with Crippen LogP contribution >= 0.6 is 0 Å². The van der Waals surface area contributed by atoms with Crippen LogP contribution in [0.1, 0.15) is 25.8 Å². The van der Waals surface area contributed by atoms with Gasteiger partial charge in [-0.1, -0.05) is 32.0 Å². The number of likely N-dealkylation sites (tertiary alicyclic amines) is 1. The Hall–Kier alpha value is -1.97. The first-order valence-corrected chi connectivity index (χ1v) is 8.10. The Morgan fingerprint density at radius 2 is 2.18 bits per heavy atom. The van der Waals surface area contributed by atoms with Crippen molar-refractivity contribution in [1.29, 1.82) is 0 Å². The first-order chi connectivity index (χ1) is 10.6. The molecule has 0 spiro atoms. The monoisotopic (exact) mass is 298 g/mol. The molecule has 0 radical (unpaired) electrons. The highest BCUT2D eigenvalue weighted by Crippen LogP contribution is 2.28. The molecule has 1 saturated heterocycles. The molecule has 1 aromatic heterocycles. The number of aromatic nitrogens is 1. The summed E-state index contributed by atoms with van der Waals surface area (Å²) in [7, 11) is 1.87. The number of para-hydroxylation sites is 1. The molecule has 0 atom stereocenters. The van der Waals surface area contributed by atoms with Gasteiger partial charge in [0.15, 0.2) is 5.96 Å². The van der Waals surface area contributed by atoms with E-state index in [0.29, 0.717) is 5.41 Å². The quantitative estimate of drug-likeness (QED) is 0.676. The topological polar surface area (TPSA) is 43.4 Å². The third-order valence-electron chi connectivity index (χ3n) is 4.54. The Kier molecular flexibility index (Phi) is 4.10. The van der Waals surface area contributed by atoms with Crippen LogP contribution in [-0.4, -0.2) is 42.5 Å². The predicted octanol–water partition coefficient (Wildman–Crippen LogP) is 3.02. The molecule has 1 aliphatic rings. The summed E-state index contributed by atoms with van der Waals surface area (Å²) in [6.45, 7) is 7.74. The molecule has 3 rings (SSSR count). The van der Waals surface area contributed by atoms with Crippen molar-refractivity contribution in [3.63, 3.8) is 0 Å². The number of nitrogens with zero attached hydrogens (tertiary/aromatic N) is 2. The number of aromatic amines is 1. The van der Waals surface area contributed by atoms with Gasteiger partial charge in [0, 0.05) is 43.8 Å². The largest absolute Gasteiger partial charge is 0.361 e. The van der Waals surface area contributed by atoms with Gasteiger partial charge in [-0.15, -0.1) is 0 Å². The minimum atomic E-state index is 0.397. The SMILES string of the molecule is CN=C(NCCc1c[nH]c2ccccc12)N1CCC(C)(C)C1. The number of hydrogen-bond donors (Lipinski definition) is 2. The molecule has 4 nitrogen and oxygen atoms in total. The summed E-state index contributed by atoms with van der Waals surface area (Å²) >= 11 is 0. The lowest BCUT2D eigenvalue weighted by Gasteiger charge is -2.23. The van der Waals surface area contributed by atoms with Gasteiger partial charge in [0.2, 0.25) is 0 Å². The Bertz CT molecular complexity index is 669. The number of rotatable bonds is 3. The Balaban J connectivity index is 1.58. The number of fused-ring (bicyclic) bond motifs is 1. The van der Waals surface area contributed by atoms with Crippen molar-refractivity contribution < 1.29 is 0 Å². The lowest BCUT2D eigenvalue weighted by molar-refractivity contribution is 0.370. The van der Waals surface area contributed by atoms with E-state index < -0.39 is 0 Å². The van der Waals surface area contributed by atoms with Gasteiger partial charge in [0.1, 0.15) is 0 Å². The van der Waals surface area contributed by atoms with E-state index in [2.05, 4.69) is 64.5 Å². The third-order valence-corrected chi connectivity index (χ3v) is 4.54. The molecule has 2 N–H and O–H groups in total. The summed E-state index contributed by atoms with van der Waals surface area (Å²) in [5.41, 5.74) is 2.97. The van der Waals surface area contributed by atoms with E-state index in [-0.39, 0.29) is 0 Å². The Morgan fingerprint density at radius 1 is 1.36 bits per heavy atom. The molecule has 0 aliphatic carbocycles. The van der Waals surface area contributed by atoms with Crippen molar-refractivity contribution in [1.82, 2.24) is 15.2 Å². The lowest BCUT2D eigenvalue weighted by Crippen LogP contribution is -2.41. The van der Waals surface area contributed by atoms with E-state index in [9.17, 15) is 0 Å². The average Bonchev–Trinajstić information content (AvgIpc) is 3.07. The van der Waals surface area contributed by atoms with Crippen molar-refractivity contribution in [2.75, 3.05) is 26.7 Å². The first kappa shape index (κ1) is 14.9. The van der Waals surface area contributed by atoms with Crippen LogP contribution in [-0.2, 0) is 6.42 Å². The van der Waals surface area contributed by atoms with Crippen LogP contribution in [0.15, 0.2) is 35.5 Å². The van der Waals surface area contributed by atoms with Gasteiger partial charge < -0.3 is 15.2 Å². The predicted molar refractivity (Wildman–Crippen MR) is 93.3 cm³/mol. The fraction of sp³-hybridized carbons (Fsp3) is 0.500. The number of benzene rings is 1. The summed E-state index contributed by atoms with van der Waals surface area (Å²) in [6.07, 6.45) is 4.35. The Labute approximate surface area is 132 Å². The molecule has 2 heterocycles. The van der Waals surface area contributed by atoms with Crippen LogP contribution in [0.3, 0.4) is 0 Å². The molecule has 1 fully saturated rings. The van der Waals surface area contributed by atoms with E-state index in [1.54, 1.807) is 0 Å². The normalized spacial score (nSPS) is 18.1. The van der Waals surface area contributed by atoms with Crippen molar-refractivity contribution in [2.45, 2.75) is 26.7 Å². The van der Waals surface area contributed by atoms with Crippen LogP contribution < -0.4 is 5.32 Å². The Morgan fingerprint density at radius 3 is 2.91 bits per heavy atom. The van der Waals surface area contributed by atoms with Crippen molar-refractivity contribution in [3.8, 4) is 0 Å². The van der Waals surface area contributed by atoms with Gasteiger partial charge in [0.25, 0.3) is 0 Å². The minimum Gasteiger partial charge on any atom is -0.361 e. The van der Waals surface area contributed by atoms with E-state index in [0.717, 1.165) is 32.0 Å². The molecule has 4 heteroatoms. The smallest absolute Gasteiger partial charge is 0.193 e. The van der Waals surface area contributed by atoms with Crippen LogP contribution in [0, 0.1) is 5.41 Å². The maximum Gasteiger partial charge on any atom is 0.193 e. The second-order valence-corrected chi connectivity index (χ2v) is 6.92. The molecule has 0 bridgehead atoms. The van der Waals surface area contributed by atoms with Gasteiger partial charge in [-0.25, -0.2) is 0 Å². The number of guanidine groups is 1. The second kappa shape index (κ2) is 6.03. The van der Waals surface area contributed by atoms with Crippen molar-refractivity contribution >= 4 is 16.9 Å². The molecule has 2 aromatic rings. The average molecular weight is 298 g/mol. The maximum absolute atomic E-state index is 4.44. The van der Waals surface area contributed by atoms with Gasteiger partial charge in [-0.3, -0.25) is 4.99 Å². The molecule has 0 saturated carbocycles. The van der Waals surface area contributed by atoms with Crippen molar-refractivity contribution in [3.05, 3.63) is 36.0 Å². The van der Waals surface area contributed by atoms with Crippen LogP contribution in [0.5, 0.6) is 0 Å².